The number of para-hydroxylation sites is 1. The normalized spacial score (nSPS) is 24.8. The summed E-state index contributed by atoms with van der Waals surface area (Å²) in [5.41, 5.74) is 1.20. The smallest absolute Gasteiger partial charge is 0.162 e. The monoisotopic (exact) mass is 396 g/mol. The highest BCUT2D eigenvalue weighted by molar-refractivity contribution is 7.14. The molecule has 3 atom stereocenters. The molecule has 0 aliphatic carbocycles. The Kier molecular flexibility index (Phi) is 4.83. The molecule has 4 heterocycles. The second-order valence-electron chi connectivity index (χ2n) is 6.86. The molecule has 0 fully saturated rings. The van der Waals surface area contributed by atoms with Gasteiger partial charge in [0.1, 0.15) is 23.8 Å². The second kappa shape index (κ2) is 7.17. The number of hydrogen-bond donors (Lipinski definition) is 0. The molecule has 5 rings (SSSR count). The molecule has 0 radical (unpaired) electrons. The van der Waals surface area contributed by atoms with Crippen LogP contribution < -0.4 is 9.80 Å². The van der Waals surface area contributed by atoms with E-state index in [0.717, 1.165) is 27.8 Å². The van der Waals surface area contributed by atoms with Crippen LogP contribution in [0.4, 0.5) is 26.6 Å². The van der Waals surface area contributed by atoms with E-state index in [1.165, 1.54) is 0 Å². The number of hydrogen-bond acceptors (Lipinski definition) is 5. The third-order valence-corrected chi connectivity index (χ3v) is 6.60. The van der Waals surface area contributed by atoms with Gasteiger partial charge >= 0.3 is 0 Å². The molecule has 2 aromatic heterocycles. The summed E-state index contributed by atoms with van der Waals surface area (Å²) in [5.74, 6) is 0.606. The van der Waals surface area contributed by atoms with E-state index >= 15 is 4.39 Å². The average Bonchev–Trinajstić information content (AvgIpc) is 3.39. The van der Waals surface area contributed by atoms with Gasteiger partial charge in [-0.15, -0.1) is 11.3 Å². The fourth-order valence-corrected chi connectivity index (χ4v) is 5.22. The highest BCUT2D eigenvalue weighted by Crippen LogP contribution is 2.58. The van der Waals surface area contributed by atoms with Crippen LogP contribution in [-0.4, -0.2) is 16.1 Å². The Morgan fingerprint density at radius 2 is 1.89 bits per heavy atom. The molecule has 6 heteroatoms. The largest absolute Gasteiger partial charge is 0.307 e. The topological polar surface area (TPSA) is 32.3 Å². The first kappa shape index (κ1) is 18.9. The lowest BCUT2D eigenvalue weighted by molar-refractivity contribution is 0.0621. The molecule has 1 aromatic carbocycles. The molecule has 0 bridgehead atoms. The fourth-order valence-electron chi connectivity index (χ4n) is 4.44. The maximum Gasteiger partial charge on any atom is 0.162 e. The summed E-state index contributed by atoms with van der Waals surface area (Å²) in [6.45, 7) is 7.94. The van der Waals surface area contributed by atoms with Gasteiger partial charge in [-0.3, -0.25) is 0 Å². The standard InChI is InChI=1S/C20H19FN4S.C2H6/c1-3-20(21)13(2)19-24(17-9-6-10-26-17)16-11-22-12-23-18(16)25(19)15-8-5-4-7-14(15)20;1-2/h4-13,19H,3H2,1-2H3;1-2H3. The molecule has 2 aliphatic heterocycles. The number of benzene rings is 1. The third kappa shape index (κ3) is 2.47. The summed E-state index contributed by atoms with van der Waals surface area (Å²) >= 11 is 1.65. The van der Waals surface area contributed by atoms with Crippen LogP contribution in [0.5, 0.6) is 0 Å². The van der Waals surface area contributed by atoms with E-state index < -0.39 is 5.67 Å². The first-order valence-electron chi connectivity index (χ1n) is 9.87. The van der Waals surface area contributed by atoms with Gasteiger partial charge in [0.2, 0.25) is 0 Å². The molecular weight excluding hydrogens is 371 g/mol. The zero-order valence-electron chi connectivity index (χ0n) is 16.6. The summed E-state index contributed by atoms with van der Waals surface area (Å²) < 4.78 is 16.3. The van der Waals surface area contributed by atoms with Crippen LogP contribution in [0.25, 0.3) is 0 Å². The van der Waals surface area contributed by atoms with Crippen molar-refractivity contribution in [1.82, 2.24) is 9.97 Å². The van der Waals surface area contributed by atoms with Crippen LogP contribution in [0.1, 0.15) is 39.7 Å². The molecular formula is C22H25FN4S. The molecule has 0 saturated carbocycles. The molecule has 3 aromatic rings. The summed E-state index contributed by atoms with van der Waals surface area (Å²) in [7, 11) is 0. The van der Waals surface area contributed by atoms with E-state index in [9.17, 15) is 0 Å². The van der Waals surface area contributed by atoms with Crippen molar-refractivity contribution < 1.29 is 4.39 Å². The van der Waals surface area contributed by atoms with Crippen molar-refractivity contribution in [3.63, 3.8) is 0 Å². The lowest BCUT2D eigenvalue weighted by Crippen LogP contribution is -2.53. The van der Waals surface area contributed by atoms with Crippen LogP contribution in [0.3, 0.4) is 0 Å². The molecule has 3 unspecified atom stereocenters. The zero-order valence-corrected chi connectivity index (χ0v) is 17.4. The summed E-state index contributed by atoms with van der Waals surface area (Å²) in [5, 5.41) is 3.13. The Balaban J connectivity index is 0.000000932. The Morgan fingerprint density at radius 3 is 2.61 bits per heavy atom. The lowest BCUT2D eigenvalue weighted by atomic mass is 9.76. The minimum atomic E-state index is -1.39. The van der Waals surface area contributed by atoms with E-state index in [4.69, 9.17) is 0 Å². The zero-order chi connectivity index (χ0) is 19.9. The fraction of sp³-hybridized carbons (Fsp3) is 0.364. The van der Waals surface area contributed by atoms with Gasteiger partial charge in [0.05, 0.1) is 16.9 Å². The number of halogens is 1. The molecule has 2 aliphatic rings. The number of anilines is 4. The predicted molar refractivity (Wildman–Crippen MR) is 114 cm³/mol. The predicted octanol–water partition coefficient (Wildman–Crippen LogP) is 6.40. The van der Waals surface area contributed by atoms with E-state index in [1.807, 2.05) is 69.6 Å². The SMILES string of the molecule is CC.CCC1(F)c2ccccc2N2c3ncncc3N(c3cccs3)C2C1C. The van der Waals surface area contributed by atoms with E-state index in [0.29, 0.717) is 6.42 Å². The van der Waals surface area contributed by atoms with Gasteiger partial charge in [-0.05, 0) is 30.0 Å². The van der Waals surface area contributed by atoms with Gasteiger partial charge in [0, 0.05) is 11.5 Å². The third-order valence-electron chi connectivity index (χ3n) is 5.73. The van der Waals surface area contributed by atoms with Gasteiger partial charge in [-0.1, -0.05) is 45.9 Å². The van der Waals surface area contributed by atoms with Crippen LogP contribution in [0.15, 0.2) is 54.3 Å². The summed E-state index contributed by atoms with van der Waals surface area (Å²) in [6, 6.07) is 11.9. The number of aromatic nitrogens is 2. The van der Waals surface area contributed by atoms with Gasteiger partial charge in [-0.2, -0.15) is 0 Å². The number of rotatable bonds is 2. The number of thiophene rings is 1. The van der Waals surface area contributed by atoms with Crippen molar-refractivity contribution in [3.05, 3.63) is 59.9 Å². The Morgan fingerprint density at radius 1 is 1.11 bits per heavy atom. The minimum Gasteiger partial charge on any atom is -0.307 e. The van der Waals surface area contributed by atoms with Crippen LogP contribution >= 0.6 is 11.3 Å². The van der Waals surface area contributed by atoms with Crippen LogP contribution in [0, 0.1) is 5.92 Å². The maximum atomic E-state index is 16.3. The van der Waals surface area contributed by atoms with Crippen LogP contribution in [-0.2, 0) is 5.67 Å². The highest BCUT2D eigenvalue weighted by Gasteiger charge is 2.55. The molecule has 0 amide bonds. The lowest BCUT2D eigenvalue weighted by Gasteiger charge is -2.48. The molecule has 28 heavy (non-hydrogen) atoms. The molecule has 0 spiro atoms. The van der Waals surface area contributed by atoms with E-state index in [1.54, 1.807) is 17.7 Å². The Hall–Kier alpha value is -2.47. The van der Waals surface area contributed by atoms with Gasteiger partial charge in [0.25, 0.3) is 0 Å². The molecule has 0 N–H and O–H groups in total. The van der Waals surface area contributed by atoms with Crippen molar-refractivity contribution in [2.24, 2.45) is 5.92 Å². The Labute approximate surface area is 169 Å². The van der Waals surface area contributed by atoms with Crippen molar-refractivity contribution in [2.45, 2.75) is 46.0 Å². The molecule has 0 saturated heterocycles. The summed E-state index contributed by atoms with van der Waals surface area (Å²) in [4.78, 5) is 13.2. The van der Waals surface area contributed by atoms with E-state index in [2.05, 4.69) is 25.8 Å². The van der Waals surface area contributed by atoms with Crippen molar-refractivity contribution in [1.29, 1.82) is 0 Å². The molecule has 4 nitrogen and oxygen atoms in total. The van der Waals surface area contributed by atoms with Crippen molar-refractivity contribution in [3.8, 4) is 0 Å². The maximum absolute atomic E-state index is 16.3. The molecule has 146 valence electrons. The Bertz CT molecular complexity index is 961. The first-order chi connectivity index (χ1) is 13.7. The van der Waals surface area contributed by atoms with Gasteiger partial charge in [-0.25, -0.2) is 14.4 Å². The first-order valence-corrected chi connectivity index (χ1v) is 10.7. The second-order valence-corrected chi connectivity index (χ2v) is 7.78. The quantitative estimate of drug-likeness (QED) is 0.501. The average molecular weight is 397 g/mol. The number of nitrogens with zero attached hydrogens (tertiary/aromatic N) is 4. The van der Waals surface area contributed by atoms with E-state index in [-0.39, 0.29) is 12.1 Å². The highest BCUT2D eigenvalue weighted by atomic mass is 32.1. The van der Waals surface area contributed by atoms with Crippen LogP contribution in [0.2, 0.25) is 0 Å². The van der Waals surface area contributed by atoms with Crippen molar-refractivity contribution in [2.75, 3.05) is 9.80 Å². The van der Waals surface area contributed by atoms with Crippen molar-refractivity contribution >= 4 is 33.5 Å². The van der Waals surface area contributed by atoms with Gasteiger partial charge < -0.3 is 9.80 Å². The van der Waals surface area contributed by atoms with Gasteiger partial charge in [0.15, 0.2) is 5.82 Å². The summed E-state index contributed by atoms with van der Waals surface area (Å²) in [6.07, 6.45) is 3.68. The number of fused-ring (bicyclic) bond motifs is 5. The number of alkyl halides is 1. The minimum absolute atomic E-state index is 0.166.